The van der Waals surface area contributed by atoms with Crippen molar-refractivity contribution in [2.45, 2.75) is 19.4 Å². The number of rotatable bonds is 4. The minimum absolute atomic E-state index is 0.131. The Hall–Kier alpha value is -1.88. The van der Waals surface area contributed by atoms with E-state index >= 15 is 0 Å². The van der Waals surface area contributed by atoms with Crippen LogP contribution in [0.25, 0.3) is 0 Å². The first-order valence-corrected chi connectivity index (χ1v) is 5.35. The third-order valence-corrected chi connectivity index (χ3v) is 2.64. The number of aryl methyl sites for hydroxylation is 1. The second-order valence-electron chi connectivity index (χ2n) is 3.79. The summed E-state index contributed by atoms with van der Waals surface area (Å²) in [6, 6.07) is 3.54. The molecule has 0 aromatic carbocycles. The third kappa shape index (κ3) is 2.62. The van der Waals surface area contributed by atoms with Gasteiger partial charge in [-0.1, -0.05) is 0 Å². The van der Waals surface area contributed by atoms with E-state index in [2.05, 4.69) is 9.97 Å². The summed E-state index contributed by atoms with van der Waals surface area (Å²) < 4.78 is 10.3. The van der Waals surface area contributed by atoms with E-state index in [1.165, 1.54) is 6.33 Å². The smallest absolute Gasteiger partial charge is 0.216 e. The summed E-state index contributed by atoms with van der Waals surface area (Å²) in [7, 11) is 1.58. The molecule has 0 spiro atoms. The molecule has 1 atom stereocenters. The molecule has 2 heterocycles. The SMILES string of the molecule is COc1cc(CC(N)c2ccoc2C)ncn1. The van der Waals surface area contributed by atoms with E-state index in [1.807, 2.05) is 13.0 Å². The summed E-state index contributed by atoms with van der Waals surface area (Å²) in [5.74, 6) is 1.39. The standard InChI is InChI=1S/C12H15N3O2/c1-8-10(3-4-17-8)11(13)5-9-6-12(16-2)15-7-14-9/h3-4,6-7,11H,5,13H2,1-2H3. The zero-order valence-corrected chi connectivity index (χ0v) is 9.88. The second-order valence-corrected chi connectivity index (χ2v) is 3.79. The fraction of sp³-hybridized carbons (Fsp3) is 0.333. The van der Waals surface area contributed by atoms with Crippen LogP contribution in [0.5, 0.6) is 5.88 Å². The fourth-order valence-corrected chi connectivity index (χ4v) is 1.71. The van der Waals surface area contributed by atoms with E-state index in [9.17, 15) is 0 Å². The maximum absolute atomic E-state index is 6.10. The van der Waals surface area contributed by atoms with Crippen molar-refractivity contribution in [3.63, 3.8) is 0 Å². The molecule has 5 nitrogen and oxygen atoms in total. The lowest BCUT2D eigenvalue weighted by atomic mass is 10.0. The largest absolute Gasteiger partial charge is 0.481 e. The van der Waals surface area contributed by atoms with Gasteiger partial charge in [0.1, 0.15) is 12.1 Å². The van der Waals surface area contributed by atoms with E-state index in [1.54, 1.807) is 19.4 Å². The summed E-state index contributed by atoms with van der Waals surface area (Å²) in [6.45, 7) is 1.90. The van der Waals surface area contributed by atoms with Crippen LogP contribution in [-0.4, -0.2) is 17.1 Å². The van der Waals surface area contributed by atoms with Crippen molar-refractivity contribution in [1.82, 2.24) is 9.97 Å². The minimum atomic E-state index is -0.131. The lowest BCUT2D eigenvalue weighted by molar-refractivity contribution is 0.395. The Balaban J connectivity index is 2.13. The number of hydrogen-bond donors (Lipinski definition) is 1. The molecular weight excluding hydrogens is 218 g/mol. The molecule has 0 fully saturated rings. The van der Waals surface area contributed by atoms with Crippen LogP contribution < -0.4 is 10.5 Å². The Morgan fingerprint density at radius 3 is 2.94 bits per heavy atom. The average Bonchev–Trinajstić information content (AvgIpc) is 2.76. The Morgan fingerprint density at radius 1 is 1.47 bits per heavy atom. The molecule has 2 aromatic rings. The predicted octanol–water partition coefficient (Wildman–Crippen LogP) is 1.63. The summed E-state index contributed by atoms with van der Waals surface area (Å²) in [4.78, 5) is 8.12. The molecule has 0 saturated heterocycles. The van der Waals surface area contributed by atoms with Crippen molar-refractivity contribution < 1.29 is 9.15 Å². The maximum atomic E-state index is 6.10. The number of nitrogens with zero attached hydrogens (tertiary/aromatic N) is 2. The first kappa shape index (κ1) is 11.6. The van der Waals surface area contributed by atoms with E-state index in [4.69, 9.17) is 14.9 Å². The summed E-state index contributed by atoms with van der Waals surface area (Å²) in [5.41, 5.74) is 7.96. The highest BCUT2D eigenvalue weighted by Crippen LogP contribution is 2.20. The Labute approximate surface area is 99.6 Å². The van der Waals surface area contributed by atoms with Crippen LogP contribution in [0.1, 0.15) is 23.1 Å². The van der Waals surface area contributed by atoms with E-state index in [-0.39, 0.29) is 6.04 Å². The Kier molecular flexibility index (Phi) is 3.39. The Morgan fingerprint density at radius 2 is 2.29 bits per heavy atom. The maximum Gasteiger partial charge on any atom is 0.216 e. The van der Waals surface area contributed by atoms with E-state index in [0.29, 0.717) is 12.3 Å². The van der Waals surface area contributed by atoms with Gasteiger partial charge in [0.05, 0.1) is 13.4 Å². The van der Waals surface area contributed by atoms with E-state index < -0.39 is 0 Å². The van der Waals surface area contributed by atoms with Gasteiger partial charge in [0.2, 0.25) is 5.88 Å². The highest BCUT2D eigenvalue weighted by atomic mass is 16.5. The number of hydrogen-bond acceptors (Lipinski definition) is 5. The first-order valence-electron chi connectivity index (χ1n) is 5.35. The first-order chi connectivity index (χ1) is 8.20. The molecule has 90 valence electrons. The van der Waals surface area contributed by atoms with Gasteiger partial charge in [-0.3, -0.25) is 0 Å². The Bertz CT molecular complexity index is 496. The van der Waals surface area contributed by atoms with Crippen LogP contribution >= 0.6 is 0 Å². The van der Waals surface area contributed by atoms with Gasteiger partial charge in [-0.2, -0.15) is 0 Å². The van der Waals surface area contributed by atoms with Crippen molar-refractivity contribution in [2.75, 3.05) is 7.11 Å². The van der Waals surface area contributed by atoms with Gasteiger partial charge in [0.25, 0.3) is 0 Å². The molecule has 0 bridgehead atoms. The highest BCUT2D eigenvalue weighted by molar-refractivity contribution is 5.23. The van der Waals surface area contributed by atoms with Crippen LogP contribution in [0.2, 0.25) is 0 Å². The summed E-state index contributed by atoms with van der Waals surface area (Å²) in [5, 5.41) is 0. The van der Waals surface area contributed by atoms with Gasteiger partial charge in [0, 0.05) is 29.8 Å². The van der Waals surface area contributed by atoms with Crippen molar-refractivity contribution in [3.05, 3.63) is 41.7 Å². The quantitative estimate of drug-likeness (QED) is 0.868. The topological polar surface area (TPSA) is 74.2 Å². The van der Waals surface area contributed by atoms with Gasteiger partial charge < -0.3 is 14.9 Å². The molecule has 0 aliphatic heterocycles. The normalized spacial score (nSPS) is 12.4. The molecule has 2 rings (SSSR count). The number of methoxy groups -OCH3 is 1. The van der Waals surface area contributed by atoms with Crippen molar-refractivity contribution >= 4 is 0 Å². The summed E-state index contributed by atoms with van der Waals surface area (Å²) in [6.07, 6.45) is 3.74. The number of ether oxygens (including phenoxy) is 1. The molecule has 17 heavy (non-hydrogen) atoms. The molecular formula is C12H15N3O2. The highest BCUT2D eigenvalue weighted by Gasteiger charge is 2.13. The number of furan rings is 1. The van der Waals surface area contributed by atoms with Crippen molar-refractivity contribution in [3.8, 4) is 5.88 Å². The second kappa shape index (κ2) is 4.97. The van der Waals surface area contributed by atoms with Crippen LogP contribution in [-0.2, 0) is 6.42 Å². The number of nitrogens with two attached hydrogens (primary N) is 1. The zero-order valence-electron chi connectivity index (χ0n) is 9.88. The monoisotopic (exact) mass is 233 g/mol. The zero-order chi connectivity index (χ0) is 12.3. The minimum Gasteiger partial charge on any atom is -0.481 e. The van der Waals surface area contributed by atoms with Gasteiger partial charge >= 0.3 is 0 Å². The summed E-state index contributed by atoms with van der Waals surface area (Å²) >= 11 is 0. The molecule has 0 amide bonds. The van der Waals surface area contributed by atoms with Crippen LogP contribution in [0.15, 0.2) is 29.1 Å². The molecule has 1 unspecified atom stereocenters. The molecule has 2 aromatic heterocycles. The van der Waals surface area contributed by atoms with Gasteiger partial charge in [-0.05, 0) is 13.0 Å². The molecule has 0 aliphatic rings. The van der Waals surface area contributed by atoms with Crippen molar-refractivity contribution in [2.24, 2.45) is 5.73 Å². The van der Waals surface area contributed by atoms with Crippen LogP contribution in [0.3, 0.4) is 0 Å². The molecule has 2 N–H and O–H groups in total. The predicted molar refractivity (Wildman–Crippen MR) is 62.7 cm³/mol. The molecule has 5 heteroatoms. The van der Waals surface area contributed by atoms with Gasteiger partial charge in [-0.25, -0.2) is 9.97 Å². The molecule has 0 aliphatic carbocycles. The molecule has 0 saturated carbocycles. The van der Waals surface area contributed by atoms with Gasteiger partial charge in [-0.15, -0.1) is 0 Å². The van der Waals surface area contributed by atoms with Crippen LogP contribution in [0.4, 0.5) is 0 Å². The van der Waals surface area contributed by atoms with Gasteiger partial charge in [0.15, 0.2) is 0 Å². The molecule has 0 radical (unpaired) electrons. The average molecular weight is 233 g/mol. The fourth-order valence-electron chi connectivity index (χ4n) is 1.71. The van der Waals surface area contributed by atoms with E-state index in [0.717, 1.165) is 17.0 Å². The lowest BCUT2D eigenvalue weighted by Crippen LogP contribution is -2.14. The van der Waals surface area contributed by atoms with Crippen LogP contribution in [0, 0.1) is 6.92 Å². The third-order valence-electron chi connectivity index (χ3n) is 2.64. The van der Waals surface area contributed by atoms with Crippen molar-refractivity contribution in [1.29, 1.82) is 0 Å². The number of aromatic nitrogens is 2. The lowest BCUT2D eigenvalue weighted by Gasteiger charge is -2.10.